The molecule has 1 fully saturated rings. The number of carbonyl (C=O) groups is 2. The highest BCUT2D eigenvalue weighted by atomic mass is 16.6. The summed E-state index contributed by atoms with van der Waals surface area (Å²) in [6.07, 6.45) is 1.93. The molecule has 1 amide bonds. The highest BCUT2D eigenvalue weighted by molar-refractivity contribution is 5.83. The molecule has 6 heteroatoms. The number of methoxy groups -OCH3 is 1. The van der Waals surface area contributed by atoms with Crippen LogP contribution in [0.5, 0.6) is 0 Å². The van der Waals surface area contributed by atoms with Gasteiger partial charge in [0.2, 0.25) is 0 Å². The summed E-state index contributed by atoms with van der Waals surface area (Å²) in [6.45, 7) is 7.27. The van der Waals surface area contributed by atoms with Gasteiger partial charge in [0.25, 0.3) is 0 Å². The maximum Gasteiger partial charge on any atom is 0.411 e. The second-order valence-corrected chi connectivity index (χ2v) is 5.78. The van der Waals surface area contributed by atoms with Crippen molar-refractivity contribution in [3.05, 3.63) is 12.2 Å². The van der Waals surface area contributed by atoms with Crippen LogP contribution in [0.1, 0.15) is 27.7 Å². The molecule has 1 N–H and O–H groups in total. The van der Waals surface area contributed by atoms with Gasteiger partial charge in [-0.25, -0.2) is 9.59 Å². The number of amides is 1. The van der Waals surface area contributed by atoms with E-state index in [0.717, 1.165) is 0 Å². The second kappa shape index (κ2) is 6.26. The number of aliphatic hydroxyl groups excluding tert-OH is 1. The minimum Gasteiger partial charge on any atom is -0.467 e. The summed E-state index contributed by atoms with van der Waals surface area (Å²) in [5.74, 6) is -0.952. The van der Waals surface area contributed by atoms with Crippen LogP contribution in [0.4, 0.5) is 4.79 Å². The second-order valence-electron chi connectivity index (χ2n) is 5.78. The number of nitrogens with zero attached hydrogens (tertiary/aromatic N) is 1. The van der Waals surface area contributed by atoms with Crippen LogP contribution in [0.3, 0.4) is 0 Å². The summed E-state index contributed by atoms with van der Waals surface area (Å²) in [4.78, 5) is 25.2. The van der Waals surface area contributed by atoms with E-state index in [0.29, 0.717) is 0 Å². The van der Waals surface area contributed by atoms with E-state index in [1.165, 1.54) is 12.0 Å². The molecule has 1 heterocycles. The monoisotopic (exact) mass is 285 g/mol. The summed E-state index contributed by atoms with van der Waals surface area (Å²) in [7, 11) is 1.23. The zero-order valence-electron chi connectivity index (χ0n) is 12.6. The minimum absolute atomic E-state index is 0.222. The first-order valence-corrected chi connectivity index (χ1v) is 6.59. The Morgan fingerprint density at radius 3 is 2.40 bits per heavy atom. The molecule has 0 saturated carbocycles. The fourth-order valence-corrected chi connectivity index (χ4v) is 2.19. The third-order valence-corrected chi connectivity index (χ3v) is 3.02. The summed E-state index contributed by atoms with van der Waals surface area (Å²) >= 11 is 0. The zero-order chi connectivity index (χ0) is 15.5. The molecule has 0 aromatic carbocycles. The van der Waals surface area contributed by atoms with E-state index in [1.807, 2.05) is 6.92 Å². The molecule has 114 valence electrons. The Morgan fingerprint density at radius 2 is 1.95 bits per heavy atom. The lowest BCUT2D eigenvalue weighted by atomic mass is 10.0. The first-order chi connectivity index (χ1) is 9.21. The van der Waals surface area contributed by atoms with Gasteiger partial charge in [0.1, 0.15) is 5.60 Å². The van der Waals surface area contributed by atoms with Crippen LogP contribution in [0.15, 0.2) is 12.2 Å². The highest BCUT2D eigenvalue weighted by Gasteiger charge is 2.48. The number of ether oxygens (including phenoxy) is 2. The molecule has 0 aliphatic carbocycles. The van der Waals surface area contributed by atoms with Gasteiger partial charge in [0.15, 0.2) is 6.04 Å². The third kappa shape index (κ3) is 3.72. The Kier molecular flexibility index (Phi) is 5.16. The number of carbonyl (C=O) groups excluding carboxylic acids is 2. The summed E-state index contributed by atoms with van der Waals surface area (Å²) in [6, 6.07) is -1.03. The van der Waals surface area contributed by atoms with E-state index in [9.17, 15) is 14.7 Å². The Bertz CT molecular complexity index is 399. The molecule has 6 nitrogen and oxygen atoms in total. The van der Waals surface area contributed by atoms with Crippen molar-refractivity contribution in [2.45, 2.75) is 45.4 Å². The maximum absolute atomic E-state index is 12.1. The van der Waals surface area contributed by atoms with Gasteiger partial charge in [0.05, 0.1) is 13.2 Å². The third-order valence-electron chi connectivity index (χ3n) is 3.02. The number of aliphatic hydroxyl groups is 1. The predicted molar refractivity (Wildman–Crippen MR) is 73.1 cm³/mol. The lowest BCUT2D eigenvalue weighted by Gasteiger charge is -2.27. The van der Waals surface area contributed by atoms with Crippen molar-refractivity contribution in [2.75, 3.05) is 13.7 Å². The molecule has 0 aromatic heterocycles. The number of rotatable bonds is 2. The lowest BCUT2D eigenvalue weighted by molar-refractivity contribution is -0.148. The Balaban J connectivity index is 2.96. The molecular formula is C14H23NO5. The van der Waals surface area contributed by atoms with Gasteiger partial charge in [-0.2, -0.15) is 0 Å². The summed E-state index contributed by atoms with van der Waals surface area (Å²) in [5, 5.41) is 10.2. The van der Waals surface area contributed by atoms with Crippen molar-refractivity contribution in [3.63, 3.8) is 0 Å². The molecule has 0 aromatic rings. The van der Waals surface area contributed by atoms with Crippen LogP contribution in [0.2, 0.25) is 0 Å². The van der Waals surface area contributed by atoms with Crippen LogP contribution in [0, 0.1) is 5.92 Å². The van der Waals surface area contributed by atoms with Gasteiger partial charge in [-0.1, -0.05) is 12.2 Å². The van der Waals surface area contributed by atoms with Crippen molar-refractivity contribution in [1.29, 1.82) is 0 Å². The lowest BCUT2D eigenvalue weighted by Crippen LogP contribution is -2.47. The van der Waals surface area contributed by atoms with Crippen molar-refractivity contribution >= 4 is 12.1 Å². The van der Waals surface area contributed by atoms with E-state index in [2.05, 4.69) is 4.74 Å². The molecular weight excluding hydrogens is 262 g/mol. The van der Waals surface area contributed by atoms with Gasteiger partial charge >= 0.3 is 12.1 Å². The molecule has 0 bridgehead atoms. The molecule has 1 aliphatic rings. The minimum atomic E-state index is -1.03. The standard InChI is InChI=1S/C14H23NO5/c1-6-7-9-8-15(13(18)20-14(2,3)4)10(11(9)16)12(17)19-5/h6-7,9-11,16H,8H2,1-5H3/b7-6+/t9?,10-,11+/m0/s1. The Labute approximate surface area is 119 Å². The van der Waals surface area contributed by atoms with E-state index in [1.54, 1.807) is 32.9 Å². The first-order valence-electron chi connectivity index (χ1n) is 6.59. The maximum atomic E-state index is 12.1. The number of allylic oxidation sites excluding steroid dienone is 1. The molecule has 1 aliphatic heterocycles. The van der Waals surface area contributed by atoms with Gasteiger partial charge in [-0.15, -0.1) is 0 Å². The normalized spacial score (nSPS) is 26.9. The van der Waals surface area contributed by atoms with Crippen molar-refractivity contribution < 1.29 is 24.2 Å². The van der Waals surface area contributed by atoms with Gasteiger partial charge in [-0.3, -0.25) is 4.90 Å². The van der Waals surface area contributed by atoms with E-state index in [4.69, 9.17) is 4.74 Å². The van der Waals surface area contributed by atoms with Gasteiger partial charge in [-0.05, 0) is 27.7 Å². The molecule has 3 atom stereocenters. The van der Waals surface area contributed by atoms with E-state index >= 15 is 0 Å². The molecule has 0 radical (unpaired) electrons. The molecule has 1 rings (SSSR count). The Hall–Kier alpha value is -1.56. The number of likely N-dealkylation sites (tertiary alicyclic amines) is 1. The number of esters is 1. The largest absolute Gasteiger partial charge is 0.467 e. The van der Waals surface area contributed by atoms with Gasteiger partial charge in [0, 0.05) is 12.5 Å². The number of hydrogen-bond donors (Lipinski definition) is 1. The zero-order valence-corrected chi connectivity index (χ0v) is 12.6. The quantitative estimate of drug-likeness (QED) is 0.612. The SMILES string of the molecule is C/C=C/C1CN(C(=O)OC(C)(C)C)[C@H](C(=O)OC)[C@@H]1O. The van der Waals surface area contributed by atoms with E-state index < -0.39 is 29.8 Å². The Morgan fingerprint density at radius 1 is 1.35 bits per heavy atom. The van der Waals surface area contributed by atoms with E-state index in [-0.39, 0.29) is 12.5 Å². The van der Waals surface area contributed by atoms with Crippen LogP contribution >= 0.6 is 0 Å². The van der Waals surface area contributed by atoms with Crippen molar-refractivity contribution in [1.82, 2.24) is 4.90 Å². The van der Waals surface area contributed by atoms with Crippen molar-refractivity contribution in [2.24, 2.45) is 5.92 Å². The molecule has 1 unspecified atom stereocenters. The fourth-order valence-electron chi connectivity index (χ4n) is 2.19. The molecule has 0 spiro atoms. The molecule has 1 saturated heterocycles. The van der Waals surface area contributed by atoms with Crippen LogP contribution in [-0.4, -0.2) is 53.5 Å². The van der Waals surface area contributed by atoms with Crippen molar-refractivity contribution in [3.8, 4) is 0 Å². The van der Waals surface area contributed by atoms with Gasteiger partial charge < -0.3 is 14.6 Å². The highest BCUT2D eigenvalue weighted by Crippen LogP contribution is 2.27. The average Bonchev–Trinajstić information content (AvgIpc) is 2.65. The van der Waals surface area contributed by atoms with Crippen LogP contribution in [-0.2, 0) is 14.3 Å². The van der Waals surface area contributed by atoms with Crippen LogP contribution < -0.4 is 0 Å². The first kappa shape index (κ1) is 16.5. The molecule has 20 heavy (non-hydrogen) atoms. The van der Waals surface area contributed by atoms with Crippen LogP contribution in [0.25, 0.3) is 0 Å². The number of hydrogen-bond acceptors (Lipinski definition) is 5. The topological polar surface area (TPSA) is 76.1 Å². The average molecular weight is 285 g/mol. The fraction of sp³-hybridized carbons (Fsp3) is 0.714. The smallest absolute Gasteiger partial charge is 0.411 e. The summed E-state index contributed by atoms with van der Waals surface area (Å²) < 4.78 is 9.93. The predicted octanol–water partition coefficient (Wildman–Crippen LogP) is 1.33. The summed E-state index contributed by atoms with van der Waals surface area (Å²) in [5.41, 5.74) is -0.665.